The molecule has 0 aromatic heterocycles. The van der Waals surface area contributed by atoms with Crippen LogP contribution in [0.25, 0.3) is 0 Å². The SMILES string of the molecule is CCN1CCN(CCCCNC(=NC)NCc2ccc(C)cc2OC)CC1. The number of ether oxygens (including phenoxy) is 1. The molecule has 0 bridgehead atoms. The summed E-state index contributed by atoms with van der Waals surface area (Å²) in [5.41, 5.74) is 2.34. The molecule has 1 aromatic rings. The minimum absolute atomic E-state index is 0.699. The van der Waals surface area contributed by atoms with Crippen LogP contribution in [0.15, 0.2) is 23.2 Å². The van der Waals surface area contributed by atoms with E-state index in [2.05, 4.69) is 57.5 Å². The molecule has 6 nitrogen and oxygen atoms in total. The molecule has 0 atom stereocenters. The number of hydrogen-bond acceptors (Lipinski definition) is 4. The van der Waals surface area contributed by atoms with Crippen LogP contribution in [0.3, 0.4) is 0 Å². The Hall–Kier alpha value is -1.79. The van der Waals surface area contributed by atoms with E-state index in [0.717, 1.165) is 30.2 Å². The van der Waals surface area contributed by atoms with Gasteiger partial charge in [0.25, 0.3) is 0 Å². The maximum atomic E-state index is 5.47. The van der Waals surface area contributed by atoms with Gasteiger partial charge in [-0.15, -0.1) is 0 Å². The van der Waals surface area contributed by atoms with Crippen LogP contribution in [-0.4, -0.2) is 75.7 Å². The fourth-order valence-electron chi connectivity index (χ4n) is 3.39. The van der Waals surface area contributed by atoms with Gasteiger partial charge >= 0.3 is 0 Å². The smallest absolute Gasteiger partial charge is 0.191 e. The van der Waals surface area contributed by atoms with Crippen molar-refractivity contribution in [2.45, 2.75) is 33.2 Å². The van der Waals surface area contributed by atoms with Crippen LogP contribution >= 0.6 is 0 Å². The Labute approximate surface area is 165 Å². The Morgan fingerprint density at radius 1 is 1.11 bits per heavy atom. The molecular formula is C21H37N5O. The first kappa shape index (κ1) is 21.5. The molecule has 1 fully saturated rings. The van der Waals surface area contributed by atoms with E-state index in [9.17, 15) is 0 Å². The molecule has 1 aliphatic rings. The molecule has 1 aromatic carbocycles. The van der Waals surface area contributed by atoms with Gasteiger partial charge in [-0.25, -0.2) is 0 Å². The standard InChI is InChI=1S/C21H37N5O/c1-5-25-12-14-26(15-13-25)11-7-6-10-23-21(22-3)24-17-19-9-8-18(2)16-20(19)27-4/h8-9,16H,5-7,10-15,17H2,1-4H3,(H2,22,23,24). The lowest BCUT2D eigenvalue weighted by Crippen LogP contribution is -2.46. The van der Waals surface area contributed by atoms with Crippen molar-refractivity contribution in [3.8, 4) is 5.75 Å². The summed E-state index contributed by atoms with van der Waals surface area (Å²) in [6.07, 6.45) is 2.38. The summed E-state index contributed by atoms with van der Waals surface area (Å²) in [5.74, 6) is 1.76. The minimum atomic E-state index is 0.699. The van der Waals surface area contributed by atoms with Crippen molar-refractivity contribution in [1.29, 1.82) is 0 Å². The zero-order chi connectivity index (χ0) is 19.5. The van der Waals surface area contributed by atoms with E-state index in [4.69, 9.17) is 4.74 Å². The number of nitrogens with zero attached hydrogens (tertiary/aromatic N) is 3. The second kappa shape index (κ2) is 11.8. The second-order valence-corrected chi connectivity index (χ2v) is 7.15. The highest BCUT2D eigenvalue weighted by molar-refractivity contribution is 5.79. The maximum Gasteiger partial charge on any atom is 0.191 e. The number of aryl methyl sites for hydroxylation is 1. The number of hydrogen-bond donors (Lipinski definition) is 2. The Bertz CT molecular complexity index is 582. The molecule has 27 heavy (non-hydrogen) atoms. The van der Waals surface area contributed by atoms with Crippen LogP contribution in [0, 0.1) is 6.92 Å². The van der Waals surface area contributed by atoms with Crippen molar-refractivity contribution in [2.75, 3.05) is 60.0 Å². The summed E-state index contributed by atoms with van der Waals surface area (Å²) in [6.45, 7) is 13.2. The summed E-state index contributed by atoms with van der Waals surface area (Å²) < 4.78 is 5.47. The number of nitrogens with one attached hydrogen (secondary N) is 2. The van der Waals surface area contributed by atoms with Gasteiger partial charge in [-0.2, -0.15) is 0 Å². The zero-order valence-electron chi connectivity index (χ0n) is 17.6. The molecule has 1 aliphatic heterocycles. The molecule has 0 saturated carbocycles. The third kappa shape index (κ3) is 7.39. The Balaban J connectivity index is 1.62. The largest absolute Gasteiger partial charge is 0.496 e. The van der Waals surface area contributed by atoms with E-state index in [0.29, 0.717) is 6.54 Å². The lowest BCUT2D eigenvalue weighted by atomic mass is 10.1. The number of methoxy groups -OCH3 is 1. The number of piperazine rings is 1. The van der Waals surface area contributed by atoms with Crippen LogP contribution in [-0.2, 0) is 6.54 Å². The Morgan fingerprint density at radius 2 is 1.85 bits per heavy atom. The van der Waals surface area contributed by atoms with Crippen LogP contribution in [0.4, 0.5) is 0 Å². The molecule has 0 spiro atoms. The topological polar surface area (TPSA) is 52.1 Å². The molecule has 0 amide bonds. The van der Waals surface area contributed by atoms with Gasteiger partial charge in [-0.1, -0.05) is 19.1 Å². The number of guanidine groups is 1. The van der Waals surface area contributed by atoms with Gasteiger partial charge in [0.1, 0.15) is 5.75 Å². The van der Waals surface area contributed by atoms with Crippen molar-refractivity contribution in [3.63, 3.8) is 0 Å². The number of likely N-dealkylation sites (N-methyl/N-ethyl adjacent to an activating group) is 1. The van der Waals surface area contributed by atoms with E-state index >= 15 is 0 Å². The Morgan fingerprint density at radius 3 is 2.52 bits per heavy atom. The summed E-state index contributed by atoms with van der Waals surface area (Å²) >= 11 is 0. The number of unbranched alkanes of at least 4 members (excludes halogenated alkanes) is 1. The maximum absolute atomic E-state index is 5.47. The molecule has 2 rings (SSSR count). The first-order valence-corrected chi connectivity index (χ1v) is 10.2. The molecule has 0 unspecified atom stereocenters. The first-order valence-electron chi connectivity index (χ1n) is 10.2. The van der Waals surface area contributed by atoms with Gasteiger partial charge in [0, 0.05) is 51.9 Å². The van der Waals surface area contributed by atoms with E-state index in [1.165, 1.54) is 51.3 Å². The molecule has 6 heteroatoms. The highest BCUT2D eigenvalue weighted by Gasteiger charge is 2.14. The minimum Gasteiger partial charge on any atom is -0.496 e. The van der Waals surface area contributed by atoms with Crippen molar-refractivity contribution in [2.24, 2.45) is 4.99 Å². The molecular weight excluding hydrogens is 338 g/mol. The normalized spacial score (nSPS) is 16.4. The number of benzene rings is 1. The highest BCUT2D eigenvalue weighted by Crippen LogP contribution is 2.19. The second-order valence-electron chi connectivity index (χ2n) is 7.15. The molecule has 2 N–H and O–H groups in total. The van der Waals surface area contributed by atoms with Gasteiger partial charge in [0.05, 0.1) is 7.11 Å². The molecule has 1 heterocycles. The predicted octanol–water partition coefficient (Wildman–Crippen LogP) is 2.09. The lowest BCUT2D eigenvalue weighted by molar-refractivity contribution is 0.136. The fraction of sp³-hybridized carbons (Fsp3) is 0.667. The van der Waals surface area contributed by atoms with Crippen molar-refractivity contribution < 1.29 is 4.74 Å². The molecule has 0 aliphatic carbocycles. The average molecular weight is 376 g/mol. The Kier molecular flexibility index (Phi) is 9.42. The zero-order valence-corrected chi connectivity index (χ0v) is 17.6. The quantitative estimate of drug-likeness (QED) is 0.393. The van der Waals surface area contributed by atoms with Crippen molar-refractivity contribution in [1.82, 2.24) is 20.4 Å². The third-order valence-corrected chi connectivity index (χ3v) is 5.22. The van der Waals surface area contributed by atoms with E-state index in [1.54, 1.807) is 7.11 Å². The van der Waals surface area contributed by atoms with Crippen LogP contribution < -0.4 is 15.4 Å². The summed E-state index contributed by atoms with van der Waals surface area (Å²) in [5, 5.41) is 6.79. The van der Waals surface area contributed by atoms with Crippen molar-refractivity contribution >= 4 is 5.96 Å². The lowest BCUT2D eigenvalue weighted by Gasteiger charge is -2.34. The molecule has 0 radical (unpaired) electrons. The van der Waals surface area contributed by atoms with Gasteiger partial charge in [-0.05, 0) is 44.5 Å². The third-order valence-electron chi connectivity index (χ3n) is 5.22. The number of rotatable bonds is 9. The highest BCUT2D eigenvalue weighted by atomic mass is 16.5. The van der Waals surface area contributed by atoms with E-state index < -0.39 is 0 Å². The van der Waals surface area contributed by atoms with Crippen molar-refractivity contribution in [3.05, 3.63) is 29.3 Å². The van der Waals surface area contributed by atoms with E-state index in [1.807, 2.05) is 7.05 Å². The molecule has 152 valence electrons. The van der Waals surface area contributed by atoms with Gasteiger partial charge in [0.15, 0.2) is 5.96 Å². The monoisotopic (exact) mass is 375 g/mol. The molecule has 1 saturated heterocycles. The summed E-state index contributed by atoms with van der Waals surface area (Å²) in [7, 11) is 3.53. The first-order chi connectivity index (χ1) is 13.2. The summed E-state index contributed by atoms with van der Waals surface area (Å²) in [4.78, 5) is 9.43. The van der Waals surface area contributed by atoms with E-state index in [-0.39, 0.29) is 0 Å². The number of aliphatic imine (C=N–C) groups is 1. The predicted molar refractivity (Wildman–Crippen MR) is 114 cm³/mol. The van der Waals surface area contributed by atoms with Crippen LogP contribution in [0.1, 0.15) is 30.9 Å². The fourth-order valence-corrected chi connectivity index (χ4v) is 3.39. The summed E-state index contributed by atoms with van der Waals surface area (Å²) in [6, 6.07) is 6.27. The van der Waals surface area contributed by atoms with Gasteiger partial charge < -0.3 is 25.2 Å². The van der Waals surface area contributed by atoms with Crippen LogP contribution in [0.5, 0.6) is 5.75 Å². The van der Waals surface area contributed by atoms with Gasteiger partial charge in [0.2, 0.25) is 0 Å². The average Bonchev–Trinajstić information content (AvgIpc) is 2.71. The van der Waals surface area contributed by atoms with Gasteiger partial charge in [-0.3, -0.25) is 4.99 Å². The van der Waals surface area contributed by atoms with Crippen LogP contribution in [0.2, 0.25) is 0 Å².